The highest BCUT2D eigenvalue weighted by Gasteiger charge is 2.33. The van der Waals surface area contributed by atoms with Crippen molar-refractivity contribution in [3.63, 3.8) is 0 Å². The number of piperazine rings is 1. The normalized spacial score (nSPS) is 16.6. The van der Waals surface area contributed by atoms with Crippen molar-refractivity contribution in [3.8, 4) is 11.5 Å². The van der Waals surface area contributed by atoms with E-state index in [9.17, 15) is 13.2 Å². The molecular formula is C22H25ClN2O5S. The van der Waals surface area contributed by atoms with Crippen molar-refractivity contribution in [1.29, 1.82) is 0 Å². The van der Waals surface area contributed by atoms with E-state index in [0.29, 0.717) is 40.1 Å². The minimum atomic E-state index is -3.66. The van der Waals surface area contributed by atoms with Crippen LogP contribution in [0.5, 0.6) is 11.5 Å². The van der Waals surface area contributed by atoms with Crippen molar-refractivity contribution in [2.75, 3.05) is 33.0 Å². The van der Waals surface area contributed by atoms with Crippen molar-refractivity contribution in [3.05, 3.63) is 51.0 Å². The molecule has 2 aromatic carbocycles. The molecule has 0 unspecified atom stereocenters. The van der Waals surface area contributed by atoms with Gasteiger partial charge in [0.15, 0.2) is 11.5 Å². The summed E-state index contributed by atoms with van der Waals surface area (Å²) in [5.74, 6) is 0.669. The van der Waals surface area contributed by atoms with Gasteiger partial charge < -0.3 is 14.4 Å². The molecule has 2 aromatic rings. The standard InChI is InChI=1S/C22H25ClN2O5S/c1-13-9-14(2)16(4)21(15(13)3)31(27,28)25-7-5-24(6-8-25)22(26)17-10-18(23)20-19(11-17)29-12-30-20/h9-11H,5-8,12H2,1-4H3. The Labute approximate surface area is 187 Å². The first-order valence-corrected chi connectivity index (χ1v) is 11.9. The average molecular weight is 465 g/mol. The Morgan fingerprint density at radius 1 is 0.935 bits per heavy atom. The summed E-state index contributed by atoms with van der Waals surface area (Å²) in [5, 5.41) is 0.320. The predicted molar refractivity (Wildman–Crippen MR) is 118 cm³/mol. The monoisotopic (exact) mass is 464 g/mol. The number of rotatable bonds is 3. The Morgan fingerprint density at radius 3 is 2.16 bits per heavy atom. The number of sulfonamides is 1. The summed E-state index contributed by atoms with van der Waals surface area (Å²) < 4.78 is 39.0. The van der Waals surface area contributed by atoms with Gasteiger partial charge in [0, 0.05) is 31.7 Å². The molecule has 1 amide bonds. The molecule has 0 aromatic heterocycles. The Balaban J connectivity index is 1.53. The minimum absolute atomic E-state index is 0.0699. The second-order valence-electron chi connectivity index (χ2n) is 7.98. The molecule has 31 heavy (non-hydrogen) atoms. The van der Waals surface area contributed by atoms with E-state index < -0.39 is 10.0 Å². The summed E-state index contributed by atoms with van der Waals surface area (Å²) in [7, 11) is -3.66. The number of carbonyl (C=O) groups is 1. The number of amides is 1. The first-order chi connectivity index (χ1) is 14.6. The van der Waals surface area contributed by atoms with E-state index in [1.807, 2.05) is 33.8 Å². The number of carbonyl (C=O) groups excluding carboxylic acids is 1. The highest BCUT2D eigenvalue weighted by molar-refractivity contribution is 7.89. The van der Waals surface area contributed by atoms with Crippen LogP contribution in [0.3, 0.4) is 0 Å². The smallest absolute Gasteiger partial charge is 0.254 e. The van der Waals surface area contributed by atoms with Crippen LogP contribution in [0.2, 0.25) is 5.02 Å². The van der Waals surface area contributed by atoms with Crippen LogP contribution in [0.4, 0.5) is 0 Å². The topological polar surface area (TPSA) is 76.2 Å². The second kappa shape index (κ2) is 8.00. The molecule has 0 N–H and O–H groups in total. The number of hydrogen-bond acceptors (Lipinski definition) is 5. The molecule has 7 nitrogen and oxygen atoms in total. The number of hydrogen-bond donors (Lipinski definition) is 0. The second-order valence-corrected chi connectivity index (χ2v) is 10.3. The van der Waals surface area contributed by atoms with E-state index in [1.54, 1.807) is 17.0 Å². The van der Waals surface area contributed by atoms with Gasteiger partial charge in [-0.15, -0.1) is 0 Å². The van der Waals surface area contributed by atoms with Crippen LogP contribution in [-0.4, -0.2) is 56.5 Å². The highest BCUT2D eigenvalue weighted by Crippen LogP contribution is 2.40. The minimum Gasteiger partial charge on any atom is -0.454 e. The van der Waals surface area contributed by atoms with Crippen LogP contribution in [0.1, 0.15) is 32.6 Å². The van der Waals surface area contributed by atoms with Crippen molar-refractivity contribution in [1.82, 2.24) is 9.21 Å². The maximum atomic E-state index is 13.4. The van der Waals surface area contributed by atoms with Gasteiger partial charge in [-0.1, -0.05) is 17.7 Å². The summed E-state index contributed by atoms with van der Waals surface area (Å²) in [6.45, 7) is 8.68. The van der Waals surface area contributed by atoms with Gasteiger partial charge in [-0.25, -0.2) is 8.42 Å². The third-order valence-corrected chi connectivity index (χ3v) is 8.55. The van der Waals surface area contributed by atoms with Crippen LogP contribution >= 0.6 is 11.6 Å². The van der Waals surface area contributed by atoms with Crippen LogP contribution in [0.15, 0.2) is 23.1 Å². The van der Waals surface area contributed by atoms with Gasteiger partial charge in [0.1, 0.15) is 0 Å². The number of ether oxygens (including phenoxy) is 2. The third kappa shape index (κ3) is 3.77. The van der Waals surface area contributed by atoms with Gasteiger partial charge in [-0.3, -0.25) is 4.79 Å². The Hall–Kier alpha value is -2.29. The molecule has 1 fully saturated rings. The fourth-order valence-electron chi connectivity index (χ4n) is 4.10. The molecule has 0 bridgehead atoms. The molecule has 0 spiro atoms. The lowest BCUT2D eigenvalue weighted by Gasteiger charge is -2.35. The number of halogens is 1. The molecule has 2 aliphatic heterocycles. The van der Waals surface area contributed by atoms with E-state index in [-0.39, 0.29) is 25.8 Å². The van der Waals surface area contributed by atoms with E-state index in [2.05, 4.69) is 0 Å². The lowest BCUT2D eigenvalue weighted by Crippen LogP contribution is -2.50. The molecule has 0 aliphatic carbocycles. The lowest BCUT2D eigenvalue weighted by atomic mass is 10.0. The summed E-state index contributed by atoms with van der Waals surface area (Å²) in [6, 6.07) is 5.18. The summed E-state index contributed by atoms with van der Waals surface area (Å²) >= 11 is 6.20. The van der Waals surface area contributed by atoms with Crippen molar-refractivity contribution >= 4 is 27.5 Å². The lowest BCUT2D eigenvalue weighted by molar-refractivity contribution is 0.0697. The van der Waals surface area contributed by atoms with Gasteiger partial charge in [-0.05, 0) is 62.1 Å². The van der Waals surface area contributed by atoms with Crippen molar-refractivity contribution in [2.24, 2.45) is 0 Å². The van der Waals surface area contributed by atoms with Gasteiger partial charge in [0.25, 0.3) is 5.91 Å². The van der Waals surface area contributed by atoms with Gasteiger partial charge in [0.05, 0.1) is 9.92 Å². The van der Waals surface area contributed by atoms with Gasteiger partial charge >= 0.3 is 0 Å². The maximum absolute atomic E-state index is 13.4. The van der Waals surface area contributed by atoms with Gasteiger partial charge in [0.2, 0.25) is 16.8 Å². The van der Waals surface area contributed by atoms with E-state index in [4.69, 9.17) is 21.1 Å². The molecule has 0 radical (unpaired) electrons. The maximum Gasteiger partial charge on any atom is 0.254 e. The highest BCUT2D eigenvalue weighted by atomic mass is 35.5. The Kier molecular flexibility index (Phi) is 5.66. The Bertz CT molecular complexity index is 1140. The first kappa shape index (κ1) is 21.9. The largest absolute Gasteiger partial charge is 0.454 e. The molecule has 0 atom stereocenters. The fourth-order valence-corrected chi connectivity index (χ4v) is 6.36. The summed E-state index contributed by atoms with van der Waals surface area (Å²) in [6.07, 6.45) is 0. The third-order valence-electron chi connectivity index (χ3n) is 6.10. The van der Waals surface area contributed by atoms with Crippen LogP contribution in [0, 0.1) is 27.7 Å². The Morgan fingerprint density at radius 2 is 1.55 bits per heavy atom. The fraction of sp³-hybridized carbons (Fsp3) is 0.409. The number of aryl methyl sites for hydroxylation is 2. The van der Waals surface area contributed by atoms with Crippen LogP contribution < -0.4 is 9.47 Å². The van der Waals surface area contributed by atoms with Gasteiger partial charge in [-0.2, -0.15) is 4.31 Å². The summed E-state index contributed by atoms with van der Waals surface area (Å²) in [4.78, 5) is 15.0. The van der Waals surface area contributed by atoms with Crippen molar-refractivity contribution in [2.45, 2.75) is 32.6 Å². The van der Waals surface area contributed by atoms with Crippen molar-refractivity contribution < 1.29 is 22.7 Å². The number of fused-ring (bicyclic) bond motifs is 1. The molecule has 9 heteroatoms. The number of nitrogens with zero attached hydrogens (tertiary/aromatic N) is 2. The quantitative estimate of drug-likeness (QED) is 0.695. The molecule has 4 rings (SSSR count). The molecule has 2 aliphatic rings. The summed E-state index contributed by atoms with van der Waals surface area (Å²) in [5.41, 5.74) is 3.85. The van der Waals surface area contributed by atoms with E-state index in [1.165, 1.54) is 4.31 Å². The molecule has 166 valence electrons. The zero-order chi connectivity index (χ0) is 22.5. The molecule has 0 saturated carbocycles. The van der Waals surface area contributed by atoms with Crippen LogP contribution in [0.25, 0.3) is 0 Å². The molecule has 2 heterocycles. The zero-order valence-corrected chi connectivity index (χ0v) is 19.6. The molecular weight excluding hydrogens is 440 g/mol. The van der Waals surface area contributed by atoms with E-state index >= 15 is 0 Å². The molecule has 1 saturated heterocycles. The van der Waals surface area contributed by atoms with E-state index in [0.717, 1.165) is 22.3 Å². The average Bonchev–Trinajstić information content (AvgIpc) is 3.21. The first-order valence-electron chi connectivity index (χ1n) is 10.1. The number of benzene rings is 2. The van der Waals surface area contributed by atoms with Crippen LogP contribution in [-0.2, 0) is 10.0 Å². The zero-order valence-electron chi connectivity index (χ0n) is 18.0. The SMILES string of the molecule is Cc1cc(C)c(C)c(S(=O)(=O)N2CCN(C(=O)c3cc(Cl)c4c(c3)OCO4)CC2)c1C. The predicted octanol–water partition coefficient (Wildman–Crippen LogP) is 3.45.